The Morgan fingerprint density at radius 2 is 2.32 bits per heavy atom. The Balaban J connectivity index is 2.34. The fraction of sp³-hybridized carbons (Fsp3) is 0.455. The van der Waals surface area contributed by atoms with E-state index in [1.807, 2.05) is 6.92 Å². The third kappa shape index (κ3) is 2.28. The Hall–Kier alpha value is -2.38. The molecule has 2 unspecified atom stereocenters. The van der Waals surface area contributed by atoms with E-state index in [-0.39, 0.29) is 17.4 Å². The molecule has 2 rings (SSSR count). The molecule has 0 aromatic carbocycles. The predicted molar refractivity (Wildman–Crippen MR) is 67.9 cm³/mol. The molecule has 2 heterocycles. The molecule has 102 valence electrons. The van der Waals surface area contributed by atoms with Crippen LogP contribution in [0.4, 0.5) is 17.3 Å². The largest absolute Gasteiger partial charge is 0.480 e. The van der Waals surface area contributed by atoms with Crippen LogP contribution in [-0.4, -0.2) is 33.6 Å². The predicted octanol–water partition coefficient (Wildman–Crippen LogP) is 0.871. The summed E-state index contributed by atoms with van der Waals surface area (Å²) in [5.41, 5.74) is 5.24. The van der Waals surface area contributed by atoms with Crippen molar-refractivity contribution < 1.29 is 14.8 Å². The topological polar surface area (TPSA) is 123 Å². The van der Waals surface area contributed by atoms with Gasteiger partial charge in [-0.25, -0.2) is 9.78 Å². The van der Waals surface area contributed by atoms with Gasteiger partial charge in [0.25, 0.3) is 0 Å². The second kappa shape index (κ2) is 4.71. The van der Waals surface area contributed by atoms with E-state index in [9.17, 15) is 20.0 Å². The molecule has 1 saturated heterocycles. The van der Waals surface area contributed by atoms with Gasteiger partial charge in [-0.1, -0.05) is 6.92 Å². The van der Waals surface area contributed by atoms with Crippen LogP contribution in [-0.2, 0) is 4.79 Å². The number of aromatic nitrogens is 1. The number of hydrogen-bond donors (Lipinski definition) is 2. The Kier molecular flexibility index (Phi) is 3.24. The lowest BCUT2D eigenvalue weighted by Crippen LogP contribution is -2.39. The van der Waals surface area contributed by atoms with Crippen molar-refractivity contribution in [2.45, 2.75) is 19.4 Å². The molecule has 19 heavy (non-hydrogen) atoms. The van der Waals surface area contributed by atoms with Gasteiger partial charge in [-0.3, -0.25) is 10.1 Å². The number of pyridine rings is 1. The fourth-order valence-electron chi connectivity index (χ4n) is 2.35. The van der Waals surface area contributed by atoms with Crippen molar-refractivity contribution in [3.8, 4) is 0 Å². The summed E-state index contributed by atoms with van der Waals surface area (Å²) in [6.45, 7) is 2.40. The summed E-state index contributed by atoms with van der Waals surface area (Å²) in [4.78, 5) is 26.8. The summed E-state index contributed by atoms with van der Waals surface area (Å²) >= 11 is 0. The molecule has 1 aromatic heterocycles. The van der Waals surface area contributed by atoms with Gasteiger partial charge >= 0.3 is 11.7 Å². The molecule has 0 saturated carbocycles. The summed E-state index contributed by atoms with van der Waals surface area (Å²) in [6.07, 6.45) is 0.732. The number of nitro groups is 1. The molecule has 1 fully saturated rings. The van der Waals surface area contributed by atoms with E-state index in [1.165, 1.54) is 12.1 Å². The average Bonchev–Trinajstić information content (AvgIpc) is 2.70. The van der Waals surface area contributed by atoms with E-state index >= 15 is 0 Å². The van der Waals surface area contributed by atoms with Gasteiger partial charge in [0, 0.05) is 12.6 Å². The molecule has 0 bridgehead atoms. The molecule has 8 heteroatoms. The van der Waals surface area contributed by atoms with Gasteiger partial charge in [-0.2, -0.15) is 0 Å². The van der Waals surface area contributed by atoms with Crippen LogP contribution >= 0.6 is 0 Å². The molecule has 0 radical (unpaired) electrons. The number of carbonyl (C=O) groups is 1. The fourth-order valence-corrected chi connectivity index (χ4v) is 2.35. The average molecular weight is 266 g/mol. The quantitative estimate of drug-likeness (QED) is 0.614. The SMILES string of the molecule is CC1CCN(c2ccc([N+](=O)[O-])c(N)n2)C1C(=O)O. The van der Waals surface area contributed by atoms with E-state index in [4.69, 9.17) is 5.73 Å². The zero-order chi connectivity index (χ0) is 14.2. The van der Waals surface area contributed by atoms with Crippen molar-refractivity contribution in [2.24, 2.45) is 5.92 Å². The second-order valence-corrected chi connectivity index (χ2v) is 4.57. The van der Waals surface area contributed by atoms with Crippen molar-refractivity contribution in [1.82, 2.24) is 4.98 Å². The minimum Gasteiger partial charge on any atom is -0.480 e. The highest BCUT2D eigenvalue weighted by Gasteiger charge is 2.37. The standard InChI is InChI=1S/C11H14N4O4/c1-6-4-5-14(9(6)11(16)17)8-3-2-7(15(18)19)10(12)13-8/h2-3,6,9H,4-5H2,1H3,(H2,12,13)(H,16,17). The van der Waals surface area contributed by atoms with Crippen molar-refractivity contribution in [2.75, 3.05) is 17.2 Å². The highest BCUT2D eigenvalue weighted by molar-refractivity contribution is 5.79. The minimum absolute atomic E-state index is 0.00397. The number of anilines is 2. The van der Waals surface area contributed by atoms with E-state index in [0.717, 1.165) is 6.42 Å². The summed E-state index contributed by atoms with van der Waals surface area (Å²) < 4.78 is 0. The van der Waals surface area contributed by atoms with Crippen molar-refractivity contribution in [3.63, 3.8) is 0 Å². The molecule has 0 amide bonds. The van der Waals surface area contributed by atoms with E-state index in [1.54, 1.807) is 4.90 Å². The van der Waals surface area contributed by atoms with Gasteiger partial charge in [0.15, 0.2) is 0 Å². The maximum Gasteiger partial charge on any atom is 0.326 e. The molecule has 8 nitrogen and oxygen atoms in total. The Morgan fingerprint density at radius 3 is 2.84 bits per heavy atom. The van der Waals surface area contributed by atoms with Crippen molar-refractivity contribution in [1.29, 1.82) is 0 Å². The lowest BCUT2D eigenvalue weighted by Gasteiger charge is -2.24. The molecular weight excluding hydrogens is 252 g/mol. The molecular formula is C11H14N4O4. The first-order chi connectivity index (χ1) is 8.91. The van der Waals surface area contributed by atoms with Crippen LogP contribution in [0.25, 0.3) is 0 Å². The van der Waals surface area contributed by atoms with Crippen LogP contribution in [0.2, 0.25) is 0 Å². The van der Waals surface area contributed by atoms with Gasteiger partial charge in [0.05, 0.1) is 4.92 Å². The number of rotatable bonds is 3. The first kappa shape index (κ1) is 13.1. The molecule has 2 atom stereocenters. The van der Waals surface area contributed by atoms with E-state index < -0.39 is 16.9 Å². The van der Waals surface area contributed by atoms with Crippen LogP contribution in [0.15, 0.2) is 12.1 Å². The van der Waals surface area contributed by atoms with Gasteiger partial charge < -0.3 is 15.7 Å². The monoisotopic (exact) mass is 266 g/mol. The maximum absolute atomic E-state index is 11.2. The zero-order valence-corrected chi connectivity index (χ0v) is 10.3. The van der Waals surface area contributed by atoms with Gasteiger partial charge in [-0.15, -0.1) is 0 Å². The van der Waals surface area contributed by atoms with Crippen molar-refractivity contribution >= 4 is 23.3 Å². The zero-order valence-electron chi connectivity index (χ0n) is 10.3. The molecule has 3 N–H and O–H groups in total. The molecule has 1 aromatic rings. The third-order valence-corrected chi connectivity index (χ3v) is 3.33. The van der Waals surface area contributed by atoms with Gasteiger partial charge in [0.2, 0.25) is 5.82 Å². The number of carboxylic acid groups (broad SMARTS) is 1. The van der Waals surface area contributed by atoms with E-state index in [0.29, 0.717) is 12.4 Å². The van der Waals surface area contributed by atoms with Crippen LogP contribution in [0.5, 0.6) is 0 Å². The number of nitrogen functional groups attached to an aromatic ring is 1. The minimum atomic E-state index is -0.927. The van der Waals surface area contributed by atoms with E-state index in [2.05, 4.69) is 4.98 Å². The highest BCUT2D eigenvalue weighted by atomic mass is 16.6. The summed E-state index contributed by atoms with van der Waals surface area (Å²) in [5.74, 6) is -0.773. The Bertz CT molecular complexity index is 533. The molecule has 1 aliphatic heterocycles. The first-order valence-corrected chi connectivity index (χ1v) is 5.82. The summed E-state index contributed by atoms with van der Waals surface area (Å²) in [5, 5.41) is 19.9. The first-order valence-electron chi connectivity index (χ1n) is 5.82. The van der Waals surface area contributed by atoms with Crippen molar-refractivity contribution in [3.05, 3.63) is 22.2 Å². The summed E-state index contributed by atoms with van der Waals surface area (Å²) in [7, 11) is 0. The summed E-state index contributed by atoms with van der Waals surface area (Å²) in [6, 6.07) is 2.01. The third-order valence-electron chi connectivity index (χ3n) is 3.33. The lowest BCUT2D eigenvalue weighted by atomic mass is 10.0. The normalized spacial score (nSPS) is 22.5. The lowest BCUT2D eigenvalue weighted by molar-refractivity contribution is -0.384. The highest BCUT2D eigenvalue weighted by Crippen LogP contribution is 2.31. The number of aliphatic carboxylic acids is 1. The van der Waals surface area contributed by atoms with Crippen LogP contribution in [0.3, 0.4) is 0 Å². The molecule has 0 aliphatic carbocycles. The molecule has 0 spiro atoms. The number of nitrogens with zero attached hydrogens (tertiary/aromatic N) is 3. The smallest absolute Gasteiger partial charge is 0.326 e. The Labute approximate surface area is 109 Å². The van der Waals surface area contributed by atoms with Gasteiger partial charge in [-0.05, 0) is 18.4 Å². The van der Waals surface area contributed by atoms with Crippen LogP contribution in [0.1, 0.15) is 13.3 Å². The second-order valence-electron chi connectivity index (χ2n) is 4.57. The van der Waals surface area contributed by atoms with Crippen LogP contribution in [0, 0.1) is 16.0 Å². The van der Waals surface area contributed by atoms with Gasteiger partial charge in [0.1, 0.15) is 11.9 Å². The Morgan fingerprint density at radius 1 is 1.63 bits per heavy atom. The molecule has 1 aliphatic rings. The maximum atomic E-state index is 11.2. The number of hydrogen-bond acceptors (Lipinski definition) is 6. The van der Waals surface area contributed by atoms with Crippen LogP contribution < -0.4 is 10.6 Å². The number of carboxylic acids is 1. The number of nitrogens with two attached hydrogens (primary N) is 1.